The van der Waals surface area contributed by atoms with Gasteiger partial charge in [-0.3, -0.25) is 0 Å². The van der Waals surface area contributed by atoms with E-state index < -0.39 is 0 Å². The minimum absolute atomic E-state index is 0.0373. The number of rotatable bonds is 2. The van der Waals surface area contributed by atoms with Crippen LogP contribution in [0, 0.1) is 11.3 Å². The Labute approximate surface area is 116 Å². The van der Waals surface area contributed by atoms with Crippen molar-refractivity contribution in [1.82, 2.24) is 9.97 Å². The molecule has 2 aliphatic heterocycles. The van der Waals surface area contributed by atoms with Gasteiger partial charge in [-0.05, 0) is 25.0 Å². The third-order valence-corrected chi connectivity index (χ3v) is 4.93. The van der Waals surface area contributed by atoms with Crippen molar-refractivity contribution in [2.45, 2.75) is 30.9 Å². The number of nitriles is 1. The van der Waals surface area contributed by atoms with Crippen molar-refractivity contribution in [3.05, 3.63) is 18.1 Å². The summed E-state index contributed by atoms with van der Waals surface area (Å²) in [6.45, 7) is 0.778. The molecule has 0 bridgehead atoms. The molecule has 3 heterocycles. The van der Waals surface area contributed by atoms with E-state index in [2.05, 4.69) is 21.4 Å². The molecule has 0 aromatic carbocycles. The van der Waals surface area contributed by atoms with Crippen LogP contribution in [0.4, 0.5) is 5.82 Å². The zero-order valence-electron chi connectivity index (χ0n) is 10.6. The number of hydrogen-bond acceptors (Lipinski definition) is 6. The number of anilines is 1. The molecule has 2 saturated heterocycles. The number of thioether (sulfide) groups is 1. The molecule has 0 aliphatic carbocycles. The number of aromatic nitrogens is 2. The first-order valence-corrected chi connectivity index (χ1v) is 7.66. The highest BCUT2D eigenvalue weighted by molar-refractivity contribution is 7.99. The van der Waals surface area contributed by atoms with E-state index in [0.29, 0.717) is 17.6 Å². The van der Waals surface area contributed by atoms with E-state index in [9.17, 15) is 0 Å². The standard InChI is InChI=1S/C13H16N4OS/c14-8-11-12(16-4-3-15-11)17-10-1-5-18-13(7-10)2-6-19-9-13/h3-4,10H,1-2,5-7,9H2,(H,16,17)/t10-,13+/m1/s1. The van der Waals surface area contributed by atoms with Crippen molar-refractivity contribution in [3.63, 3.8) is 0 Å². The lowest BCUT2D eigenvalue weighted by molar-refractivity contribution is -0.0628. The molecule has 6 heteroatoms. The zero-order chi connectivity index (χ0) is 13.1. The van der Waals surface area contributed by atoms with E-state index in [1.807, 2.05) is 11.8 Å². The fourth-order valence-corrected chi connectivity index (χ4v) is 4.11. The van der Waals surface area contributed by atoms with Crippen LogP contribution >= 0.6 is 11.8 Å². The smallest absolute Gasteiger partial charge is 0.182 e. The van der Waals surface area contributed by atoms with Crippen molar-refractivity contribution in [2.75, 3.05) is 23.4 Å². The lowest BCUT2D eigenvalue weighted by atomic mass is 9.90. The number of hydrogen-bond donors (Lipinski definition) is 1. The van der Waals surface area contributed by atoms with Crippen LogP contribution in [0.3, 0.4) is 0 Å². The molecule has 2 aliphatic rings. The molecule has 2 atom stereocenters. The Balaban J connectivity index is 1.71. The molecule has 5 nitrogen and oxygen atoms in total. The predicted octanol–water partition coefficient (Wildman–Crippen LogP) is 1.81. The summed E-state index contributed by atoms with van der Waals surface area (Å²) in [5, 5.41) is 12.4. The highest BCUT2D eigenvalue weighted by Gasteiger charge is 2.40. The summed E-state index contributed by atoms with van der Waals surface area (Å²) in [6, 6.07) is 2.39. The highest BCUT2D eigenvalue weighted by atomic mass is 32.2. The van der Waals surface area contributed by atoms with Crippen LogP contribution in [0.1, 0.15) is 25.0 Å². The second-order valence-corrected chi connectivity index (χ2v) is 6.14. The van der Waals surface area contributed by atoms with Gasteiger partial charge in [-0.1, -0.05) is 0 Å². The van der Waals surface area contributed by atoms with Gasteiger partial charge in [-0.15, -0.1) is 0 Å². The first-order chi connectivity index (χ1) is 9.31. The molecule has 0 radical (unpaired) electrons. The Morgan fingerprint density at radius 1 is 1.47 bits per heavy atom. The minimum Gasteiger partial charge on any atom is -0.374 e. The van der Waals surface area contributed by atoms with Gasteiger partial charge in [0.05, 0.1) is 5.60 Å². The lowest BCUT2D eigenvalue weighted by Crippen LogP contribution is -2.44. The maximum Gasteiger partial charge on any atom is 0.182 e. The molecule has 2 fully saturated rings. The maximum absolute atomic E-state index is 9.03. The first kappa shape index (κ1) is 12.7. The molecule has 0 amide bonds. The van der Waals surface area contributed by atoms with E-state index >= 15 is 0 Å². The molecule has 1 N–H and O–H groups in total. The van der Waals surface area contributed by atoms with E-state index in [0.717, 1.165) is 31.6 Å². The van der Waals surface area contributed by atoms with Crippen LogP contribution in [-0.2, 0) is 4.74 Å². The third-order valence-electron chi connectivity index (χ3n) is 3.71. The molecule has 19 heavy (non-hydrogen) atoms. The van der Waals surface area contributed by atoms with Crippen LogP contribution in [0.5, 0.6) is 0 Å². The molecular weight excluding hydrogens is 260 g/mol. The Morgan fingerprint density at radius 3 is 3.16 bits per heavy atom. The fraction of sp³-hybridized carbons (Fsp3) is 0.615. The molecule has 1 aromatic heterocycles. The van der Waals surface area contributed by atoms with E-state index in [4.69, 9.17) is 10.00 Å². The summed E-state index contributed by atoms with van der Waals surface area (Å²) in [7, 11) is 0. The van der Waals surface area contributed by atoms with Gasteiger partial charge in [0.1, 0.15) is 6.07 Å². The molecular formula is C13H16N4OS. The van der Waals surface area contributed by atoms with Crippen LogP contribution in [0.25, 0.3) is 0 Å². The number of nitrogens with one attached hydrogen (secondary N) is 1. The third kappa shape index (κ3) is 2.67. The molecule has 1 aromatic rings. The van der Waals surface area contributed by atoms with Gasteiger partial charge in [0.2, 0.25) is 0 Å². The van der Waals surface area contributed by atoms with Gasteiger partial charge in [-0.2, -0.15) is 17.0 Å². The van der Waals surface area contributed by atoms with Gasteiger partial charge in [0.15, 0.2) is 11.5 Å². The van der Waals surface area contributed by atoms with E-state index in [-0.39, 0.29) is 5.60 Å². The monoisotopic (exact) mass is 276 g/mol. The number of nitrogens with zero attached hydrogens (tertiary/aromatic N) is 3. The average molecular weight is 276 g/mol. The summed E-state index contributed by atoms with van der Waals surface area (Å²) in [5.74, 6) is 2.86. The van der Waals surface area contributed by atoms with Gasteiger partial charge in [0.25, 0.3) is 0 Å². The Morgan fingerprint density at radius 2 is 2.37 bits per heavy atom. The molecule has 0 unspecified atom stereocenters. The molecule has 0 saturated carbocycles. The van der Waals surface area contributed by atoms with Crippen LogP contribution in [-0.4, -0.2) is 39.7 Å². The van der Waals surface area contributed by atoms with Crippen molar-refractivity contribution >= 4 is 17.6 Å². The molecule has 100 valence electrons. The second-order valence-electron chi connectivity index (χ2n) is 5.03. The summed E-state index contributed by atoms with van der Waals surface area (Å²) in [4.78, 5) is 8.25. The van der Waals surface area contributed by atoms with Gasteiger partial charge in [-0.25, -0.2) is 9.97 Å². The van der Waals surface area contributed by atoms with Crippen molar-refractivity contribution < 1.29 is 4.74 Å². The fourth-order valence-electron chi connectivity index (χ4n) is 2.73. The van der Waals surface area contributed by atoms with Crippen molar-refractivity contribution in [2.24, 2.45) is 0 Å². The normalized spacial score (nSPS) is 30.2. The van der Waals surface area contributed by atoms with Crippen molar-refractivity contribution in [3.8, 4) is 6.07 Å². The van der Waals surface area contributed by atoms with Crippen LogP contribution in [0.15, 0.2) is 12.4 Å². The zero-order valence-corrected chi connectivity index (χ0v) is 11.4. The van der Waals surface area contributed by atoms with Crippen LogP contribution < -0.4 is 5.32 Å². The second kappa shape index (κ2) is 5.35. The van der Waals surface area contributed by atoms with Gasteiger partial charge >= 0.3 is 0 Å². The Bertz CT molecular complexity index is 496. The Kier molecular flexibility index (Phi) is 3.58. The van der Waals surface area contributed by atoms with Gasteiger partial charge in [0, 0.05) is 30.8 Å². The largest absolute Gasteiger partial charge is 0.374 e. The summed E-state index contributed by atoms with van der Waals surface area (Å²) in [6.07, 6.45) is 6.23. The quantitative estimate of drug-likeness (QED) is 0.888. The van der Waals surface area contributed by atoms with Crippen molar-refractivity contribution in [1.29, 1.82) is 5.26 Å². The highest BCUT2D eigenvalue weighted by Crippen LogP contribution is 2.38. The summed E-state index contributed by atoms with van der Waals surface area (Å²) >= 11 is 1.96. The number of ether oxygens (including phenoxy) is 1. The lowest BCUT2D eigenvalue weighted by Gasteiger charge is -2.38. The topological polar surface area (TPSA) is 70.8 Å². The summed E-state index contributed by atoms with van der Waals surface area (Å²) in [5.41, 5.74) is 0.402. The van der Waals surface area contributed by atoms with Gasteiger partial charge < -0.3 is 10.1 Å². The van der Waals surface area contributed by atoms with Crippen LogP contribution in [0.2, 0.25) is 0 Å². The predicted molar refractivity (Wildman–Crippen MR) is 74.0 cm³/mol. The molecule has 1 spiro atoms. The Hall–Kier alpha value is -1.32. The summed E-state index contributed by atoms with van der Waals surface area (Å²) < 4.78 is 5.99. The molecule has 3 rings (SSSR count). The maximum atomic E-state index is 9.03. The van der Waals surface area contributed by atoms with E-state index in [1.165, 1.54) is 5.75 Å². The minimum atomic E-state index is 0.0373. The SMILES string of the molecule is N#Cc1nccnc1N[C@@H]1CCO[C@@]2(CCSC2)C1. The van der Waals surface area contributed by atoms with E-state index in [1.54, 1.807) is 12.4 Å². The first-order valence-electron chi connectivity index (χ1n) is 6.51. The average Bonchev–Trinajstić information content (AvgIpc) is 2.87.